The smallest absolute Gasteiger partial charge is 0.252 e. The van der Waals surface area contributed by atoms with Crippen LogP contribution in [-0.4, -0.2) is 6.71 Å². The number of nitrogens with zero attached hydrogens (tertiary/aromatic N) is 3. The molecule has 464 valence electrons. The Hall–Kier alpha value is -6.56. The highest BCUT2D eigenvalue weighted by Gasteiger charge is 2.49. The van der Waals surface area contributed by atoms with E-state index in [1.807, 2.05) is 11.3 Å². The zero-order valence-corrected chi connectivity index (χ0v) is 59.6. The minimum absolute atomic E-state index is 0.00381. The van der Waals surface area contributed by atoms with Crippen molar-refractivity contribution in [3.05, 3.63) is 189 Å². The van der Waals surface area contributed by atoms with Crippen molar-refractivity contribution in [1.29, 1.82) is 0 Å². The topological polar surface area (TPSA) is 9.72 Å². The first-order chi connectivity index (χ1) is 41.9. The first kappa shape index (κ1) is 61.0. The van der Waals surface area contributed by atoms with Gasteiger partial charge in [0, 0.05) is 65.7 Å². The molecule has 0 saturated carbocycles. The molecule has 0 atom stereocenters. The highest BCUT2D eigenvalue weighted by Crippen LogP contribution is 2.57. The SMILES string of the molecule is Cc1cc2c(cc1N1c3cc4c(cc3B3c5cc6c(cc5N(c5ccc7c(c5)C(C)(C)CCC7(C)C)c5cc(N(c7ccc(C(C)(C)C)cc7)c7ccc(C(C)(C)C)cc7)cc1c53)C(C)(C)CCC6(C)C)sc1c(C(C)(C)C)cccc14)C(C)(C)CCC2(C)C. The zero-order valence-electron chi connectivity index (χ0n) is 58.8. The lowest BCUT2D eigenvalue weighted by atomic mass is 9.33. The molecule has 5 aliphatic rings. The number of rotatable bonds is 5. The molecule has 0 saturated heterocycles. The number of aryl methyl sites for hydroxylation is 1. The zero-order chi connectivity index (χ0) is 64.3. The minimum Gasteiger partial charge on any atom is -0.311 e. The molecule has 0 radical (unpaired) electrons. The second-order valence-corrected chi connectivity index (χ2v) is 36.6. The average molecular weight is 1210 g/mol. The second kappa shape index (κ2) is 19.7. The highest BCUT2D eigenvalue weighted by atomic mass is 32.1. The number of fused-ring (bicyclic) bond motifs is 10. The number of anilines is 9. The fourth-order valence-electron chi connectivity index (χ4n) is 16.9. The third-order valence-corrected chi connectivity index (χ3v) is 24.4. The predicted octanol–water partition coefficient (Wildman–Crippen LogP) is 22.9. The molecule has 0 bridgehead atoms. The van der Waals surface area contributed by atoms with Crippen molar-refractivity contribution < 1.29 is 0 Å². The number of hydrogen-bond acceptors (Lipinski definition) is 4. The largest absolute Gasteiger partial charge is 0.311 e. The Morgan fingerprint density at radius 3 is 1.34 bits per heavy atom. The molecule has 8 aromatic carbocycles. The second-order valence-electron chi connectivity index (χ2n) is 35.5. The van der Waals surface area contributed by atoms with Gasteiger partial charge in [0.25, 0.3) is 6.71 Å². The molecule has 3 nitrogen and oxygen atoms in total. The van der Waals surface area contributed by atoms with Crippen molar-refractivity contribution in [2.75, 3.05) is 14.7 Å². The van der Waals surface area contributed by atoms with Gasteiger partial charge in [0.2, 0.25) is 0 Å². The minimum atomic E-state index is -0.0729. The van der Waals surface area contributed by atoms with Crippen LogP contribution in [0.1, 0.15) is 240 Å². The van der Waals surface area contributed by atoms with Crippen LogP contribution in [0.2, 0.25) is 0 Å². The average Bonchev–Trinajstić information content (AvgIpc) is 0.835. The van der Waals surface area contributed by atoms with E-state index in [0.717, 1.165) is 42.7 Å². The van der Waals surface area contributed by atoms with Gasteiger partial charge < -0.3 is 14.7 Å². The Morgan fingerprint density at radius 2 is 0.833 bits per heavy atom. The molecular formula is C85H100BN3S. The van der Waals surface area contributed by atoms with Crippen LogP contribution in [0.4, 0.5) is 51.2 Å². The summed E-state index contributed by atoms with van der Waals surface area (Å²) >= 11 is 2.01. The summed E-state index contributed by atoms with van der Waals surface area (Å²) in [6.07, 6.45) is 6.93. The molecule has 90 heavy (non-hydrogen) atoms. The van der Waals surface area contributed by atoms with Crippen molar-refractivity contribution in [2.24, 2.45) is 0 Å². The lowest BCUT2D eigenvalue weighted by molar-refractivity contribution is 0.332. The molecule has 5 heteroatoms. The van der Waals surface area contributed by atoms with Gasteiger partial charge in [0.15, 0.2) is 0 Å². The fraction of sp³-hybridized carbons (Fsp3) is 0.435. The lowest BCUT2D eigenvalue weighted by Crippen LogP contribution is -2.62. The molecule has 0 N–H and O–H groups in total. The molecule has 9 aromatic rings. The van der Waals surface area contributed by atoms with Gasteiger partial charge in [0.1, 0.15) is 0 Å². The molecule has 0 fully saturated rings. The predicted molar refractivity (Wildman–Crippen MR) is 395 cm³/mol. The summed E-state index contributed by atoms with van der Waals surface area (Å²) in [6, 6.07) is 55.1. The monoisotopic (exact) mass is 1210 g/mol. The quantitative estimate of drug-likeness (QED) is 0.159. The van der Waals surface area contributed by atoms with E-state index in [1.165, 1.54) is 139 Å². The van der Waals surface area contributed by atoms with Crippen molar-refractivity contribution in [3.63, 3.8) is 0 Å². The Bertz CT molecular complexity index is 4380. The van der Waals surface area contributed by atoms with E-state index in [1.54, 1.807) is 0 Å². The molecule has 2 aliphatic heterocycles. The summed E-state index contributed by atoms with van der Waals surface area (Å²) < 4.78 is 2.76. The number of thiophene rings is 1. The molecule has 14 rings (SSSR count). The van der Waals surface area contributed by atoms with Gasteiger partial charge in [-0.05, 0) is 239 Å². The fourth-order valence-corrected chi connectivity index (χ4v) is 18.4. The number of benzene rings is 8. The summed E-state index contributed by atoms with van der Waals surface area (Å²) in [5, 5.41) is 2.69. The molecule has 3 aliphatic carbocycles. The summed E-state index contributed by atoms with van der Waals surface area (Å²) in [5.41, 5.74) is 29.6. The van der Waals surface area contributed by atoms with Crippen molar-refractivity contribution in [1.82, 2.24) is 0 Å². The standard InChI is InChI=1S/C85H100BN3S/c1-51-42-62-65(84(19,20)40-38-81(62,13)14)48-69(51)89-70-46-59-58-24-23-25-61(79(8,9)10)76(58)90-74(59)50-68(70)86-67-47-64-66(85(21,22)41-39-83(64,17)18)49-71(67)88(56-34-35-60-63(43-56)82(15,16)37-36-80(60,11)12)72-44-57(45-73(89)75(72)86)87(54-30-26-52(27-31-54)77(2,3)4)55-32-28-53(29-33-55)78(5,6)7/h23-35,42-50H,36-41H2,1-22H3. The number of hydrogen-bond donors (Lipinski definition) is 0. The van der Waals surface area contributed by atoms with Crippen LogP contribution in [0.15, 0.2) is 133 Å². The Kier molecular flexibility index (Phi) is 13.4. The first-order valence-electron chi connectivity index (χ1n) is 34.2. The third kappa shape index (κ3) is 9.51. The van der Waals surface area contributed by atoms with Gasteiger partial charge in [-0.3, -0.25) is 0 Å². The Balaban J connectivity index is 1.17. The van der Waals surface area contributed by atoms with Crippen LogP contribution < -0.4 is 31.1 Å². The van der Waals surface area contributed by atoms with Crippen LogP contribution in [0.3, 0.4) is 0 Å². The van der Waals surface area contributed by atoms with E-state index in [0.29, 0.717) is 0 Å². The van der Waals surface area contributed by atoms with Gasteiger partial charge in [0.05, 0.1) is 5.69 Å². The molecule has 0 spiro atoms. The van der Waals surface area contributed by atoms with Crippen molar-refractivity contribution in [3.8, 4) is 0 Å². The van der Waals surface area contributed by atoms with Crippen LogP contribution in [-0.2, 0) is 48.7 Å². The summed E-state index contributed by atoms with van der Waals surface area (Å²) in [5.74, 6) is 0. The molecule has 1 aromatic heterocycles. The third-order valence-electron chi connectivity index (χ3n) is 23.2. The maximum atomic E-state index is 2.79. The van der Waals surface area contributed by atoms with E-state index in [-0.39, 0.29) is 55.4 Å². The highest BCUT2D eigenvalue weighted by molar-refractivity contribution is 7.26. The molecule has 0 amide bonds. The summed E-state index contributed by atoms with van der Waals surface area (Å²) in [6.45, 7) is 53.5. The van der Waals surface area contributed by atoms with Gasteiger partial charge in [-0.15, -0.1) is 11.3 Å². The first-order valence-corrected chi connectivity index (χ1v) is 35.0. The van der Waals surface area contributed by atoms with E-state index in [4.69, 9.17) is 0 Å². The van der Waals surface area contributed by atoms with Crippen LogP contribution in [0.25, 0.3) is 20.2 Å². The maximum absolute atomic E-state index is 2.79. The van der Waals surface area contributed by atoms with Gasteiger partial charge in [-0.25, -0.2) is 0 Å². The molecule has 0 unspecified atom stereocenters. The summed E-state index contributed by atoms with van der Waals surface area (Å²) in [7, 11) is 0. The van der Waals surface area contributed by atoms with Crippen LogP contribution >= 0.6 is 11.3 Å². The maximum Gasteiger partial charge on any atom is 0.252 e. The Morgan fingerprint density at radius 1 is 0.389 bits per heavy atom. The van der Waals surface area contributed by atoms with Crippen molar-refractivity contribution in [2.45, 2.75) is 240 Å². The van der Waals surface area contributed by atoms with Crippen LogP contribution in [0.5, 0.6) is 0 Å². The van der Waals surface area contributed by atoms with E-state index >= 15 is 0 Å². The van der Waals surface area contributed by atoms with Gasteiger partial charge in [-0.2, -0.15) is 0 Å². The lowest BCUT2D eigenvalue weighted by Gasteiger charge is -2.48. The van der Waals surface area contributed by atoms with E-state index < -0.39 is 0 Å². The Labute approximate surface area is 545 Å². The van der Waals surface area contributed by atoms with E-state index in [9.17, 15) is 0 Å². The van der Waals surface area contributed by atoms with Crippen LogP contribution in [0, 0.1) is 6.92 Å². The van der Waals surface area contributed by atoms with Crippen molar-refractivity contribution >= 4 is 106 Å². The van der Waals surface area contributed by atoms with Gasteiger partial charge >= 0.3 is 0 Å². The van der Waals surface area contributed by atoms with E-state index in [2.05, 4.69) is 300 Å². The molecular weight excluding hydrogens is 1110 g/mol. The normalized spacial score (nSPS) is 19.0. The summed E-state index contributed by atoms with van der Waals surface area (Å²) in [4.78, 5) is 8.14. The van der Waals surface area contributed by atoms with Gasteiger partial charge in [-0.1, -0.05) is 206 Å². The molecule has 3 heterocycles.